The zero-order valence-electron chi connectivity index (χ0n) is 14.3. The van der Waals surface area contributed by atoms with Crippen LogP contribution in [0, 0.1) is 15.9 Å². The quantitative estimate of drug-likeness (QED) is 0.670. The van der Waals surface area contributed by atoms with Gasteiger partial charge in [-0.05, 0) is 18.9 Å². The Morgan fingerprint density at radius 1 is 1.00 bits per heavy atom. The van der Waals surface area contributed by atoms with Crippen molar-refractivity contribution >= 4 is 17.1 Å². The molecule has 0 bridgehead atoms. The minimum Gasteiger partial charge on any atom is -0.369 e. The van der Waals surface area contributed by atoms with E-state index in [1.54, 1.807) is 6.07 Å². The average molecular weight is 337 g/mol. The molecule has 0 unspecified atom stereocenters. The fourth-order valence-corrected chi connectivity index (χ4v) is 3.62. The monoisotopic (exact) mass is 337 g/mol. The van der Waals surface area contributed by atoms with Crippen molar-refractivity contribution < 1.29 is 14.2 Å². The number of anilines is 2. The summed E-state index contributed by atoms with van der Waals surface area (Å²) in [6, 6.07) is 2.82. The number of nitro groups is 1. The number of benzene rings is 1. The number of rotatable bonds is 3. The lowest BCUT2D eigenvalue weighted by atomic mass is 10.1. The molecule has 2 aliphatic heterocycles. The first-order chi connectivity index (χ1) is 11.6. The van der Waals surface area contributed by atoms with Crippen molar-refractivity contribution in [2.45, 2.75) is 25.7 Å². The van der Waals surface area contributed by atoms with Crippen LogP contribution in [0.1, 0.15) is 25.7 Å². The Morgan fingerprint density at radius 2 is 1.58 bits per heavy atom. The Labute approximate surface area is 142 Å². The summed E-state index contributed by atoms with van der Waals surface area (Å²) in [7, 11) is 2.12. The van der Waals surface area contributed by atoms with Gasteiger partial charge in [-0.3, -0.25) is 10.1 Å². The van der Waals surface area contributed by atoms with Crippen molar-refractivity contribution in [3.05, 3.63) is 28.1 Å². The smallest absolute Gasteiger partial charge is 0.295 e. The largest absolute Gasteiger partial charge is 0.369 e. The van der Waals surface area contributed by atoms with Gasteiger partial charge in [-0.15, -0.1) is 0 Å². The number of nitro benzene ring substituents is 1. The first-order valence-corrected chi connectivity index (χ1v) is 8.85. The van der Waals surface area contributed by atoms with Gasteiger partial charge in [0.1, 0.15) is 5.69 Å². The number of likely N-dealkylation sites (N-methyl/N-ethyl adjacent to an activating group) is 1. The fraction of sp³-hybridized carbons (Fsp3) is 0.647. The molecule has 0 atom stereocenters. The van der Waals surface area contributed by atoms with Crippen molar-refractivity contribution in [1.82, 2.24) is 0 Å². The second kappa shape index (κ2) is 7.34. The first kappa shape index (κ1) is 17.0. The number of hydrogen-bond donors (Lipinski definition) is 1. The molecule has 24 heavy (non-hydrogen) atoms. The summed E-state index contributed by atoms with van der Waals surface area (Å²) < 4.78 is 14.6. The third-order valence-corrected chi connectivity index (χ3v) is 5.15. The molecule has 0 aliphatic carbocycles. The number of nitrogens with zero attached hydrogens (tertiary/aromatic N) is 3. The summed E-state index contributed by atoms with van der Waals surface area (Å²) in [5.74, 6) is -0.480. The summed E-state index contributed by atoms with van der Waals surface area (Å²) in [5.41, 5.74) is 0.961. The van der Waals surface area contributed by atoms with Crippen LogP contribution in [-0.2, 0) is 0 Å². The Bertz CT molecular complexity index is 594. The van der Waals surface area contributed by atoms with E-state index in [9.17, 15) is 14.5 Å². The zero-order chi connectivity index (χ0) is 17.1. The van der Waals surface area contributed by atoms with E-state index in [-0.39, 0.29) is 5.69 Å². The molecule has 6 nitrogen and oxygen atoms in total. The highest BCUT2D eigenvalue weighted by Crippen LogP contribution is 2.35. The SMILES string of the molecule is C[NH+]1CCN(c2cc(N3CCCCCC3)c(F)cc2[N+](=O)[O-])CC1. The van der Waals surface area contributed by atoms with Crippen molar-refractivity contribution in [3.8, 4) is 0 Å². The molecule has 2 fully saturated rings. The Kier molecular flexibility index (Phi) is 5.18. The molecule has 2 saturated heterocycles. The fourth-order valence-electron chi connectivity index (χ4n) is 3.62. The van der Waals surface area contributed by atoms with Gasteiger partial charge in [-0.1, -0.05) is 12.8 Å². The van der Waals surface area contributed by atoms with Gasteiger partial charge in [0.05, 0.1) is 49.9 Å². The van der Waals surface area contributed by atoms with Crippen molar-refractivity contribution in [1.29, 1.82) is 0 Å². The van der Waals surface area contributed by atoms with Crippen LogP contribution in [-0.4, -0.2) is 51.2 Å². The predicted octanol–water partition coefficient (Wildman–Crippen LogP) is 1.45. The van der Waals surface area contributed by atoms with Gasteiger partial charge in [0.25, 0.3) is 5.69 Å². The summed E-state index contributed by atoms with van der Waals surface area (Å²) >= 11 is 0. The highest BCUT2D eigenvalue weighted by Gasteiger charge is 2.28. The lowest BCUT2D eigenvalue weighted by molar-refractivity contribution is -0.880. The van der Waals surface area contributed by atoms with Gasteiger partial charge in [0, 0.05) is 13.1 Å². The zero-order valence-corrected chi connectivity index (χ0v) is 14.3. The van der Waals surface area contributed by atoms with Gasteiger partial charge >= 0.3 is 0 Å². The molecular weight excluding hydrogens is 311 g/mol. The van der Waals surface area contributed by atoms with Crippen LogP contribution < -0.4 is 14.7 Å². The molecule has 2 heterocycles. The maximum absolute atomic E-state index is 14.6. The summed E-state index contributed by atoms with van der Waals surface area (Å²) in [6.07, 6.45) is 4.42. The minimum atomic E-state index is -0.480. The maximum atomic E-state index is 14.6. The summed E-state index contributed by atoms with van der Waals surface area (Å²) in [6.45, 7) is 5.04. The van der Waals surface area contributed by atoms with Crippen LogP contribution in [0.5, 0.6) is 0 Å². The lowest BCUT2D eigenvalue weighted by Gasteiger charge is -2.32. The van der Waals surface area contributed by atoms with Crippen LogP contribution in [0.25, 0.3) is 0 Å². The number of quaternary nitrogens is 1. The molecule has 132 valence electrons. The maximum Gasteiger partial charge on any atom is 0.295 e. The van der Waals surface area contributed by atoms with Crippen molar-refractivity contribution in [2.24, 2.45) is 0 Å². The molecule has 1 aromatic carbocycles. The third-order valence-electron chi connectivity index (χ3n) is 5.15. The van der Waals surface area contributed by atoms with Crippen LogP contribution in [0.15, 0.2) is 12.1 Å². The molecule has 0 amide bonds. The predicted molar refractivity (Wildman–Crippen MR) is 92.6 cm³/mol. The average Bonchev–Trinajstić information content (AvgIpc) is 2.84. The Morgan fingerprint density at radius 3 is 2.17 bits per heavy atom. The van der Waals surface area contributed by atoms with E-state index in [1.807, 2.05) is 4.90 Å². The van der Waals surface area contributed by atoms with Crippen LogP contribution in [0.3, 0.4) is 0 Å². The van der Waals surface area contributed by atoms with E-state index in [0.717, 1.165) is 58.2 Å². The van der Waals surface area contributed by atoms with Crippen LogP contribution in [0.4, 0.5) is 21.5 Å². The van der Waals surface area contributed by atoms with E-state index in [1.165, 1.54) is 17.7 Å². The molecule has 0 radical (unpaired) electrons. The molecule has 2 aliphatic rings. The topological polar surface area (TPSA) is 54.1 Å². The molecule has 7 heteroatoms. The van der Waals surface area contributed by atoms with Gasteiger partial charge in [0.15, 0.2) is 5.82 Å². The molecular formula is C17H26FN4O2+. The van der Waals surface area contributed by atoms with Crippen molar-refractivity contribution in [3.63, 3.8) is 0 Å². The van der Waals surface area contributed by atoms with E-state index in [2.05, 4.69) is 11.9 Å². The highest BCUT2D eigenvalue weighted by atomic mass is 19.1. The van der Waals surface area contributed by atoms with Gasteiger partial charge < -0.3 is 14.7 Å². The Balaban J connectivity index is 1.95. The number of piperazine rings is 1. The van der Waals surface area contributed by atoms with Crippen LogP contribution in [0.2, 0.25) is 0 Å². The van der Waals surface area contributed by atoms with E-state index in [4.69, 9.17) is 0 Å². The second-order valence-corrected chi connectivity index (χ2v) is 6.89. The first-order valence-electron chi connectivity index (χ1n) is 8.85. The van der Waals surface area contributed by atoms with E-state index in [0.29, 0.717) is 11.4 Å². The van der Waals surface area contributed by atoms with Gasteiger partial charge in [-0.2, -0.15) is 0 Å². The third kappa shape index (κ3) is 3.61. The normalized spacial score (nSPS) is 20.1. The molecule has 0 aromatic heterocycles. The lowest BCUT2D eigenvalue weighted by Crippen LogP contribution is -3.12. The summed E-state index contributed by atoms with van der Waals surface area (Å²) in [4.78, 5) is 16.5. The Hall–Kier alpha value is -1.89. The van der Waals surface area contributed by atoms with Gasteiger partial charge in [-0.25, -0.2) is 4.39 Å². The minimum absolute atomic E-state index is 0.120. The molecule has 3 rings (SSSR count). The van der Waals surface area contributed by atoms with E-state index < -0.39 is 10.7 Å². The van der Waals surface area contributed by atoms with Gasteiger partial charge in [0.2, 0.25) is 0 Å². The molecule has 0 saturated carbocycles. The summed E-state index contributed by atoms with van der Waals surface area (Å²) in [5, 5.41) is 11.4. The number of hydrogen-bond acceptors (Lipinski definition) is 4. The van der Waals surface area contributed by atoms with E-state index >= 15 is 0 Å². The number of halogens is 1. The highest BCUT2D eigenvalue weighted by molar-refractivity contribution is 5.71. The molecule has 1 aromatic rings. The molecule has 0 spiro atoms. The van der Waals surface area contributed by atoms with Crippen molar-refractivity contribution in [2.75, 3.05) is 56.1 Å². The second-order valence-electron chi connectivity index (χ2n) is 6.89. The van der Waals surface area contributed by atoms with Crippen LogP contribution >= 0.6 is 0 Å². The molecule has 1 N–H and O–H groups in total. The number of nitrogens with one attached hydrogen (secondary N) is 1. The standard InChI is InChI=1S/C17H25FN4O2/c1-19-8-10-21(11-9-19)16-13-15(14(18)12-17(16)22(23)24)20-6-4-2-3-5-7-20/h12-13H,2-11H2,1H3/p+1.